The van der Waals surface area contributed by atoms with Gasteiger partial charge >= 0.3 is 0 Å². The molecule has 0 aliphatic carbocycles. The van der Waals surface area contributed by atoms with Crippen LogP contribution in [-0.2, 0) is 9.59 Å². The number of carbonyl (C=O) groups is 2. The van der Waals surface area contributed by atoms with Gasteiger partial charge in [-0.25, -0.2) is 0 Å². The Kier molecular flexibility index (Phi) is 3.06. The van der Waals surface area contributed by atoms with Crippen LogP contribution in [-0.4, -0.2) is 16.7 Å². The highest BCUT2D eigenvalue weighted by molar-refractivity contribution is 6.30. The van der Waals surface area contributed by atoms with Crippen LogP contribution in [0.5, 0.6) is 0 Å². The summed E-state index contributed by atoms with van der Waals surface area (Å²) in [5.74, 6) is -0.299. The second-order valence-electron chi connectivity index (χ2n) is 3.53. The Hall–Kier alpha value is -1.61. The summed E-state index contributed by atoms with van der Waals surface area (Å²) in [6, 6.07) is 7.21. The molecule has 1 aliphatic rings. The normalized spacial score (nSPS) is 16.4. The van der Waals surface area contributed by atoms with Crippen molar-refractivity contribution < 1.29 is 9.59 Å². The van der Waals surface area contributed by atoms with E-state index in [0.717, 1.165) is 10.5 Å². The second-order valence-corrected chi connectivity index (χ2v) is 3.96. The van der Waals surface area contributed by atoms with E-state index in [1.54, 1.807) is 18.2 Å². The second kappa shape index (κ2) is 4.49. The fraction of sp³-hybridized carbons (Fsp3) is 0.167. The van der Waals surface area contributed by atoms with E-state index < -0.39 is 0 Å². The standard InChI is InChI=1S/C12H10ClNO2/c13-10-3-1-2-9(8-10)6-7-14-11(15)4-5-12(14)16/h1-3,6-8H,4-5H2/b7-6+. The van der Waals surface area contributed by atoms with Crippen LogP contribution >= 0.6 is 11.6 Å². The fourth-order valence-electron chi connectivity index (χ4n) is 1.53. The SMILES string of the molecule is O=C1CCC(=O)N1/C=C/c1cccc(Cl)c1. The quantitative estimate of drug-likeness (QED) is 0.739. The molecule has 16 heavy (non-hydrogen) atoms. The van der Waals surface area contributed by atoms with E-state index >= 15 is 0 Å². The Morgan fingerprint density at radius 1 is 1.19 bits per heavy atom. The number of imide groups is 1. The molecule has 0 radical (unpaired) electrons. The maximum atomic E-state index is 11.3. The first-order valence-corrected chi connectivity index (χ1v) is 5.33. The first kappa shape index (κ1) is 10.9. The van der Waals surface area contributed by atoms with E-state index in [4.69, 9.17) is 11.6 Å². The molecule has 0 aromatic heterocycles. The maximum Gasteiger partial charge on any atom is 0.233 e. The van der Waals surface area contributed by atoms with Crippen LogP contribution in [0.2, 0.25) is 5.02 Å². The number of carbonyl (C=O) groups excluding carboxylic acids is 2. The number of hydrogen-bond donors (Lipinski definition) is 0. The average molecular weight is 236 g/mol. The van der Waals surface area contributed by atoms with Crippen molar-refractivity contribution in [2.75, 3.05) is 0 Å². The van der Waals surface area contributed by atoms with Gasteiger partial charge in [-0.15, -0.1) is 0 Å². The van der Waals surface area contributed by atoms with Gasteiger partial charge in [0, 0.05) is 24.1 Å². The molecule has 0 spiro atoms. The Morgan fingerprint density at radius 3 is 2.50 bits per heavy atom. The third-order valence-corrected chi connectivity index (χ3v) is 2.59. The predicted molar refractivity (Wildman–Crippen MR) is 61.6 cm³/mol. The van der Waals surface area contributed by atoms with Gasteiger partial charge in [0.25, 0.3) is 0 Å². The van der Waals surface area contributed by atoms with Gasteiger partial charge < -0.3 is 0 Å². The van der Waals surface area contributed by atoms with E-state index in [-0.39, 0.29) is 11.8 Å². The number of benzene rings is 1. The predicted octanol–water partition coefficient (Wildman–Crippen LogP) is 2.46. The third-order valence-electron chi connectivity index (χ3n) is 2.35. The first-order valence-electron chi connectivity index (χ1n) is 4.95. The third kappa shape index (κ3) is 2.31. The number of hydrogen-bond acceptors (Lipinski definition) is 2. The minimum Gasteiger partial charge on any atom is -0.274 e. The summed E-state index contributed by atoms with van der Waals surface area (Å²) >= 11 is 5.82. The molecule has 2 rings (SSSR count). The summed E-state index contributed by atoms with van der Waals surface area (Å²) in [6.45, 7) is 0. The Balaban J connectivity index is 2.15. The molecule has 2 amide bonds. The van der Waals surface area contributed by atoms with Gasteiger partial charge in [0.15, 0.2) is 0 Å². The highest BCUT2D eigenvalue weighted by atomic mass is 35.5. The zero-order valence-electron chi connectivity index (χ0n) is 8.52. The number of halogens is 1. The van der Waals surface area contributed by atoms with Crippen molar-refractivity contribution in [3.8, 4) is 0 Å². The molecule has 1 saturated heterocycles. The number of nitrogens with zero attached hydrogens (tertiary/aromatic N) is 1. The van der Waals surface area contributed by atoms with Gasteiger partial charge in [-0.1, -0.05) is 23.7 Å². The molecular weight excluding hydrogens is 226 g/mol. The Labute approximate surface area is 98.3 Å². The molecule has 1 aliphatic heterocycles. The molecule has 0 bridgehead atoms. The van der Waals surface area contributed by atoms with Gasteiger partial charge in [0.1, 0.15) is 0 Å². The van der Waals surface area contributed by atoms with Crippen molar-refractivity contribution in [3.63, 3.8) is 0 Å². The number of likely N-dealkylation sites (tertiary alicyclic amines) is 1. The highest BCUT2D eigenvalue weighted by Crippen LogP contribution is 2.15. The molecule has 1 aromatic rings. The zero-order chi connectivity index (χ0) is 11.5. The van der Waals surface area contributed by atoms with Crippen molar-refractivity contribution in [3.05, 3.63) is 41.1 Å². The lowest BCUT2D eigenvalue weighted by Gasteiger charge is -2.06. The molecule has 1 aromatic carbocycles. The van der Waals surface area contributed by atoms with Crippen molar-refractivity contribution in [2.45, 2.75) is 12.8 Å². The van der Waals surface area contributed by atoms with Crippen LogP contribution in [0.25, 0.3) is 6.08 Å². The lowest BCUT2D eigenvalue weighted by atomic mass is 10.2. The van der Waals surface area contributed by atoms with Crippen LogP contribution in [0, 0.1) is 0 Å². The van der Waals surface area contributed by atoms with Crippen molar-refractivity contribution in [1.29, 1.82) is 0 Å². The molecule has 1 fully saturated rings. The molecule has 4 heteroatoms. The maximum absolute atomic E-state index is 11.3. The van der Waals surface area contributed by atoms with Crippen LogP contribution in [0.15, 0.2) is 30.5 Å². The first-order chi connectivity index (χ1) is 7.66. The summed E-state index contributed by atoms with van der Waals surface area (Å²) < 4.78 is 0. The lowest BCUT2D eigenvalue weighted by Crippen LogP contribution is -2.22. The van der Waals surface area contributed by atoms with Crippen LogP contribution in [0.4, 0.5) is 0 Å². The molecular formula is C12H10ClNO2. The molecule has 0 N–H and O–H groups in total. The van der Waals surface area contributed by atoms with Crippen LogP contribution in [0.1, 0.15) is 18.4 Å². The number of rotatable bonds is 2. The summed E-state index contributed by atoms with van der Waals surface area (Å²) in [6.07, 6.45) is 3.81. The monoisotopic (exact) mass is 235 g/mol. The minimum absolute atomic E-state index is 0.150. The van der Waals surface area contributed by atoms with Gasteiger partial charge in [0.2, 0.25) is 11.8 Å². The van der Waals surface area contributed by atoms with Gasteiger partial charge in [-0.05, 0) is 23.8 Å². The molecule has 0 saturated carbocycles. The Bertz CT molecular complexity index is 452. The minimum atomic E-state index is -0.150. The summed E-state index contributed by atoms with van der Waals surface area (Å²) in [4.78, 5) is 23.8. The van der Waals surface area contributed by atoms with E-state index in [2.05, 4.69) is 0 Å². The summed E-state index contributed by atoms with van der Waals surface area (Å²) in [5, 5.41) is 0.626. The molecule has 0 unspecified atom stereocenters. The smallest absolute Gasteiger partial charge is 0.233 e. The van der Waals surface area contributed by atoms with E-state index in [1.807, 2.05) is 12.1 Å². The van der Waals surface area contributed by atoms with Crippen molar-refractivity contribution in [2.24, 2.45) is 0 Å². The average Bonchev–Trinajstić information content (AvgIpc) is 2.56. The lowest BCUT2D eigenvalue weighted by molar-refractivity contribution is -0.135. The topological polar surface area (TPSA) is 37.4 Å². The molecule has 3 nitrogen and oxygen atoms in total. The van der Waals surface area contributed by atoms with Gasteiger partial charge in [-0.2, -0.15) is 0 Å². The van der Waals surface area contributed by atoms with Crippen LogP contribution in [0.3, 0.4) is 0 Å². The fourth-order valence-corrected chi connectivity index (χ4v) is 1.73. The van der Waals surface area contributed by atoms with Crippen LogP contribution < -0.4 is 0 Å². The van der Waals surface area contributed by atoms with Crippen molar-refractivity contribution >= 4 is 29.5 Å². The van der Waals surface area contributed by atoms with Gasteiger partial charge in [0.05, 0.1) is 0 Å². The summed E-state index contributed by atoms with van der Waals surface area (Å²) in [7, 11) is 0. The number of amides is 2. The summed E-state index contributed by atoms with van der Waals surface area (Å²) in [5.41, 5.74) is 0.861. The largest absolute Gasteiger partial charge is 0.274 e. The van der Waals surface area contributed by atoms with Crippen molar-refractivity contribution in [1.82, 2.24) is 4.90 Å². The molecule has 1 heterocycles. The molecule has 82 valence electrons. The zero-order valence-corrected chi connectivity index (χ0v) is 9.28. The van der Waals surface area contributed by atoms with E-state index in [9.17, 15) is 9.59 Å². The van der Waals surface area contributed by atoms with E-state index in [0.29, 0.717) is 17.9 Å². The Morgan fingerprint density at radius 2 is 1.88 bits per heavy atom. The molecule has 0 atom stereocenters. The highest BCUT2D eigenvalue weighted by Gasteiger charge is 2.26. The van der Waals surface area contributed by atoms with E-state index in [1.165, 1.54) is 6.20 Å². The van der Waals surface area contributed by atoms with Gasteiger partial charge in [-0.3, -0.25) is 14.5 Å².